The summed E-state index contributed by atoms with van der Waals surface area (Å²) in [6.07, 6.45) is 5.76. The van der Waals surface area contributed by atoms with Gasteiger partial charge in [-0.3, -0.25) is 4.79 Å². The Hall–Kier alpha value is -2.43. The number of rotatable bonds is 7. The van der Waals surface area contributed by atoms with Crippen LogP contribution in [0, 0.1) is 0 Å². The Kier molecular flexibility index (Phi) is 4.63. The molecule has 0 unspecified atom stereocenters. The monoisotopic (exact) mass is 296 g/mol. The van der Waals surface area contributed by atoms with Crippen LogP contribution in [0.15, 0.2) is 42.6 Å². The summed E-state index contributed by atoms with van der Waals surface area (Å²) in [7, 11) is 0. The van der Waals surface area contributed by atoms with Crippen LogP contribution in [0.25, 0.3) is 0 Å². The van der Waals surface area contributed by atoms with Crippen LogP contribution >= 0.6 is 0 Å². The fraction of sp³-hybridized carbons (Fsp3) is 0.353. The van der Waals surface area contributed by atoms with Crippen molar-refractivity contribution in [2.75, 3.05) is 11.9 Å². The first-order valence-corrected chi connectivity index (χ1v) is 7.73. The van der Waals surface area contributed by atoms with E-state index in [1.54, 1.807) is 12.3 Å². The summed E-state index contributed by atoms with van der Waals surface area (Å²) >= 11 is 0. The molecule has 0 aliphatic heterocycles. The highest BCUT2D eigenvalue weighted by atomic mass is 16.2. The van der Waals surface area contributed by atoms with Crippen molar-refractivity contribution in [3.8, 4) is 0 Å². The molecule has 5 heteroatoms. The van der Waals surface area contributed by atoms with Crippen molar-refractivity contribution in [1.29, 1.82) is 0 Å². The third-order valence-corrected chi connectivity index (χ3v) is 3.57. The molecule has 0 spiro atoms. The van der Waals surface area contributed by atoms with Crippen molar-refractivity contribution >= 4 is 11.9 Å². The van der Waals surface area contributed by atoms with Crippen molar-refractivity contribution in [2.24, 2.45) is 0 Å². The van der Waals surface area contributed by atoms with Gasteiger partial charge in [0.2, 0.25) is 5.95 Å². The lowest BCUT2D eigenvalue weighted by molar-refractivity contribution is 0.0946. The standard InChI is InChI=1S/C17H20N4O/c22-16(20-14-8-9-14)15-10-12-19-17(21-15)18-11-4-7-13-5-2-1-3-6-13/h1-3,5-6,10,12,14H,4,7-9,11H2,(H,20,22)(H,18,19,21). The van der Waals surface area contributed by atoms with Crippen LogP contribution < -0.4 is 10.6 Å². The topological polar surface area (TPSA) is 66.9 Å². The number of carbonyl (C=O) groups is 1. The Labute approximate surface area is 130 Å². The summed E-state index contributed by atoms with van der Waals surface area (Å²) in [5.74, 6) is 0.397. The predicted octanol–water partition coefficient (Wildman–Crippen LogP) is 2.41. The van der Waals surface area contributed by atoms with E-state index in [2.05, 4.69) is 32.7 Å². The van der Waals surface area contributed by atoms with Crippen molar-refractivity contribution < 1.29 is 4.79 Å². The second kappa shape index (κ2) is 7.02. The van der Waals surface area contributed by atoms with Gasteiger partial charge in [0.25, 0.3) is 5.91 Å². The zero-order valence-corrected chi connectivity index (χ0v) is 12.5. The highest BCUT2D eigenvalue weighted by Gasteiger charge is 2.24. The van der Waals surface area contributed by atoms with Crippen LogP contribution in [-0.2, 0) is 6.42 Å². The fourth-order valence-corrected chi connectivity index (χ4v) is 2.19. The number of amides is 1. The molecule has 3 rings (SSSR count). The number of aryl methyl sites for hydroxylation is 1. The summed E-state index contributed by atoms with van der Waals surface area (Å²) in [5, 5.41) is 6.11. The molecule has 5 nitrogen and oxygen atoms in total. The summed E-state index contributed by atoms with van der Waals surface area (Å²) < 4.78 is 0. The van der Waals surface area contributed by atoms with Gasteiger partial charge in [0.15, 0.2) is 0 Å². The van der Waals surface area contributed by atoms with Gasteiger partial charge < -0.3 is 10.6 Å². The Morgan fingerprint density at radius 2 is 2.00 bits per heavy atom. The fourth-order valence-electron chi connectivity index (χ4n) is 2.19. The molecular formula is C17H20N4O. The number of nitrogens with one attached hydrogen (secondary N) is 2. The maximum Gasteiger partial charge on any atom is 0.270 e. The zero-order valence-electron chi connectivity index (χ0n) is 12.5. The number of carbonyl (C=O) groups excluding carboxylic acids is 1. The van der Waals surface area contributed by atoms with E-state index >= 15 is 0 Å². The number of anilines is 1. The van der Waals surface area contributed by atoms with Crippen LogP contribution in [0.1, 0.15) is 35.3 Å². The first-order valence-electron chi connectivity index (χ1n) is 7.73. The van der Waals surface area contributed by atoms with E-state index in [1.165, 1.54) is 5.56 Å². The second-order valence-electron chi connectivity index (χ2n) is 5.53. The van der Waals surface area contributed by atoms with E-state index < -0.39 is 0 Å². The number of aromatic nitrogens is 2. The molecule has 0 radical (unpaired) electrons. The molecule has 1 aromatic carbocycles. The second-order valence-corrected chi connectivity index (χ2v) is 5.53. The van der Waals surface area contributed by atoms with Gasteiger partial charge >= 0.3 is 0 Å². The highest BCUT2D eigenvalue weighted by molar-refractivity contribution is 5.92. The Morgan fingerprint density at radius 3 is 2.77 bits per heavy atom. The smallest absolute Gasteiger partial charge is 0.270 e. The quantitative estimate of drug-likeness (QED) is 0.770. The van der Waals surface area contributed by atoms with E-state index in [0.717, 1.165) is 32.2 Å². The Balaban J connectivity index is 1.46. The molecule has 114 valence electrons. The first kappa shape index (κ1) is 14.5. The van der Waals surface area contributed by atoms with Gasteiger partial charge in [0.05, 0.1) is 0 Å². The van der Waals surface area contributed by atoms with E-state index in [1.807, 2.05) is 18.2 Å². The molecular weight excluding hydrogens is 276 g/mol. The van der Waals surface area contributed by atoms with Crippen LogP contribution in [0.4, 0.5) is 5.95 Å². The maximum atomic E-state index is 11.9. The molecule has 1 fully saturated rings. The maximum absolute atomic E-state index is 11.9. The van der Waals surface area contributed by atoms with Gasteiger partial charge in [-0.1, -0.05) is 30.3 Å². The molecule has 1 aromatic heterocycles. The van der Waals surface area contributed by atoms with Gasteiger partial charge in [0.1, 0.15) is 5.69 Å². The summed E-state index contributed by atoms with van der Waals surface area (Å²) in [5.41, 5.74) is 1.75. The highest BCUT2D eigenvalue weighted by Crippen LogP contribution is 2.19. The van der Waals surface area contributed by atoms with Gasteiger partial charge in [-0.05, 0) is 37.3 Å². The van der Waals surface area contributed by atoms with Crippen molar-refractivity contribution in [3.05, 3.63) is 53.9 Å². The van der Waals surface area contributed by atoms with Gasteiger partial charge in [-0.2, -0.15) is 0 Å². The predicted molar refractivity (Wildman–Crippen MR) is 85.8 cm³/mol. The third kappa shape index (κ3) is 4.28. The lowest BCUT2D eigenvalue weighted by Gasteiger charge is -2.07. The number of hydrogen-bond acceptors (Lipinski definition) is 4. The van der Waals surface area contributed by atoms with Gasteiger partial charge in [-0.25, -0.2) is 9.97 Å². The molecule has 0 saturated heterocycles. The van der Waals surface area contributed by atoms with Crippen molar-refractivity contribution in [1.82, 2.24) is 15.3 Å². The van der Waals surface area contributed by atoms with Gasteiger partial charge in [-0.15, -0.1) is 0 Å². The van der Waals surface area contributed by atoms with Crippen molar-refractivity contribution in [3.63, 3.8) is 0 Å². The normalized spacial score (nSPS) is 13.6. The van der Waals surface area contributed by atoms with E-state index in [-0.39, 0.29) is 5.91 Å². The average Bonchev–Trinajstić information content (AvgIpc) is 3.37. The molecule has 2 N–H and O–H groups in total. The molecule has 1 aliphatic carbocycles. The van der Waals surface area contributed by atoms with E-state index in [4.69, 9.17) is 0 Å². The Bertz CT molecular complexity index is 626. The van der Waals surface area contributed by atoms with Crippen LogP contribution in [0.3, 0.4) is 0 Å². The van der Waals surface area contributed by atoms with E-state index in [9.17, 15) is 4.79 Å². The summed E-state index contributed by atoms with van der Waals surface area (Å²) in [6, 6.07) is 12.4. The molecule has 0 bridgehead atoms. The lowest BCUT2D eigenvalue weighted by Crippen LogP contribution is -2.26. The number of benzene rings is 1. The minimum absolute atomic E-state index is 0.114. The molecule has 0 atom stereocenters. The molecule has 2 aromatic rings. The van der Waals surface area contributed by atoms with Crippen LogP contribution in [-0.4, -0.2) is 28.5 Å². The molecule has 1 aliphatic rings. The zero-order chi connectivity index (χ0) is 15.2. The van der Waals surface area contributed by atoms with Crippen molar-refractivity contribution in [2.45, 2.75) is 31.7 Å². The van der Waals surface area contributed by atoms with Crippen LogP contribution in [0.5, 0.6) is 0 Å². The number of nitrogens with zero attached hydrogens (tertiary/aromatic N) is 2. The Morgan fingerprint density at radius 1 is 1.18 bits per heavy atom. The molecule has 1 amide bonds. The van der Waals surface area contributed by atoms with Gasteiger partial charge in [0, 0.05) is 18.8 Å². The lowest BCUT2D eigenvalue weighted by atomic mass is 10.1. The SMILES string of the molecule is O=C(NC1CC1)c1ccnc(NCCCc2ccccc2)n1. The summed E-state index contributed by atoms with van der Waals surface area (Å²) in [6.45, 7) is 0.780. The summed E-state index contributed by atoms with van der Waals surface area (Å²) in [4.78, 5) is 20.4. The minimum atomic E-state index is -0.114. The first-order chi connectivity index (χ1) is 10.8. The van der Waals surface area contributed by atoms with E-state index in [0.29, 0.717) is 17.7 Å². The molecule has 1 saturated carbocycles. The average molecular weight is 296 g/mol. The molecule has 1 heterocycles. The third-order valence-electron chi connectivity index (χ3n) is 3.57. The largest absolute Gasteiger partial charge is 0.354 e. The minimum Gasteiger partial charge on any atom is -0.354 e. The molecule has 22 heavy (non-hydrogen) atoms. The number of hydrogen-bond donors (Lipinski definition) is 2. The van der Waals surface area contributed by atoms with Crippen LogP contribution in [0.2, 0.25) is 0 Å².